The highest BCUT2D eigenvalue weighted by Gasteiger charge is 2.08. The Bertz CT molecular complexity index is 1240. The molecule has 0 aliphatic rings. The molecule has 5 heteroatoms. The maximum atomic E-state index is 12.2. The largest absolute Gasteiger partial charge is 0.473 e. The molecule has 0 atom stereocenters. The van der Waals surface area contributed by atoms with Crippen LogP contribution in [0.3, 0.4) is 0 Å². The first-order chi connectivity index (χ1) is 17.2. The lowest BCUT2D eigenvalue weighted by molar-refractivity contribution is -0.134. The molecule has 0 N–H and O–H groups in total. The van der Waals surface area contributed by atoms with E-state index in [0.29, 0.717) is 30.5 Å². The molecule has 0 aliphatic heterocycles. The van der Waals surface area contributed by atoms with Gasteiger partial charge in [-0.3, -0.25) is 4.79 Å². The Morgan fingerprint density at radius 1 is 0.829 bits per heavy atom. The third-order valence-corrected chi connectivity index (χ3v) is 5.90. The number of carbonyl (C=O) groups is 1. The fourth-order valence-corrected chi connectivity index (χ4v) is 3.95. The molecule has 0 radical (unpaired) electrons. The number of unbranched alkanes of at least 4 members (excludes halogenated alkanes) is 5. The number of aromatic nitrogens is 2. The highest BCUT2D eigenvalue weighted by molar-refractivity contribution is 5.88. The zero-order chi connectivity index (χ0) is 24.3. The van der Waals surface area contributed by atoms with Crippen molar-refractivity contribution in [3.8, 4) is 23.0 Å². The Kier molecular flexibility index (Phi) is 8.82. The topological polar surface area (TPSA) is 61.3 Å². The molecule has 0 saturated carbocycles. The predicted octanol–water partition coefficient (Wildman–Crippen LogP) is 7.53. The lowest BCUT2D eigenvalue weighted by Crippen LogP contribution is -2.07. The maximum absolute atomic E-state index is 12.2. The molecule has 1 aromatic heterocycles. The van der Waals surface area contributed by atoms with E-state index in [9.17, 15) is 4.79 Å². The smallest absolute Gasteiger partial charge is 0.311 e. The van der Waals surface area contributed by atoms with E-state index in [0.717, 1.165) is 34.7 Å². The van der Waals surface area contributed by atoms with Gasteiger partial charge in [-0.1, -0.05) is 87.6 Å². The van der Waals surface area contributed by atoms with Crippen molar-refractivity contribution in [1.29, 1.82) is 0 Å². The molecule has 0 spiro atoms. The van der Waals surface area contributed by atoms with E-state index in [2.05, 4.69) is 16.9 Å². The standard InChI is InChI=1S/C30H32N2O3/c1-2-3-4-5-6-10-13-29(33)35-27-17-16-24-20-26(15-14-25(24)21-27)30-31-19-18-28(32-30)34-22-23-11-8-7-9-12-23/h7-9,11-12,14-21H,2-6,10,13,22H2,1H3. The molecule has 0 aliphatic carbocycles. The second kappa shape index (κ2) is 12.7. The number of esters is 1. The minimum Gasteiger partial charge on any atom is -0.473 e. The van der Waals surface area contributed by atoms with Crippen molar-refractivity contribution < 1.29 is 14.3 Å². The van der Waals surface area contributed by atoms with Gasteiger partial charge >= 0.3 is 5.97 Å². The second-order valence-corrected chi connectivity index (χ2v) is 8.71. The van der Waals surface area contributed by atoms with E-state index in [4.69, 9.17) is 9.47 Å². The lowest BCUT2D eigenvalue weighted by atomic mass is 10.1. The quantitative estimate of drug-likeness (QED) is 0.122. The predicted molar refractivity (Wildman–Crippen MR) is 139 cm³/mol. The summed E-state index contributed by atoms with van der Waals surface area (Å²) in [5.74, 6) is 1.55. The Morgan fingerprint density at radius 2 is 1.60 bits per heavy atom. The van der Waals surface area contributed by atoms with Gasteiger partial charge in [0.1, 0.15) is 12.4 Å². The van der Waals surface area contributed by atoms with Gasteiger partial charge in [-0.2, -0.15) is 4.98 Å². The summed E-state index contributed by atoms with van der Waals surface area (Å²) in [6.45, 7) is 2.66. The van der Waals surface area contributed by atoms with Gasteiger partial charge in [-0.05, 0) is 41.0 Å². The fourth-order valence-electron chi connectivity index (χ4n) is 3.95. The summed E-state index contributed by atoms with van der Waals surface area (Å²) in [6.07, 6.45) is 9.06. The second-order valence-electron chi connectivity index (χ2n) is 8.71. The van der Waals surface area contributed by atoms with Crippen molar-refractivity contribution in [2.24, 2.45) is 0 Å². The average Bonchev–Trinajstić information content (AvgIpc) is 2.90. The van der Waals surface area contributed by atoms with E-state index >= 15 is 0 Å². The number of ether oxygens (including phenoxy) is 2. The molecule has 35 heavy (non-hydrogen) atoms. The van der Waals surface area contributed by atoms with Gasteiger partial charge in [-0.15, -0.1) is 0 Å². The Morgan fingerprint density at radius 3 is 2.46 bits per heavy atom. The van der Waals surface area contributed by atoms with E-state index in [1.807, 2.05) is 66.7 Å². The number of fused-ring (bicyclic) bond motifs is 1. The first-order valence-corrected chi connectivity index (χ1v) is 12.5. The molecule has 0 saturated heterocycles. The van der Waals surface area contributed by atoms with Crippen LogP contribution in [0.5, 0.6) is 11.6 Å². The van der Waals surface area contributed by atoms with Crippen molar-refractivity contribution in [2.75, 3.05) is 0 Å². The summed E-state index contributed by atoms with van der Waals surface area (Å²) in [4.78, 5) is 21.2. The molecule has 5 nitrogen and oxygen atoms in total. The van der Waals surface area contributed by atoms with Crippen LogP contribution in [0.25, 0.3) is 22.2 Å². The van der Waals surface area contributed by atoms with Crippen molar-refractivity contribution in [1.82, 2.24) is 9.97 Å². The molecule has 0 fully saturated rings. The van der Waals surface area contributed by atoms with Gasteiger partial charge in [0.25, 0.3) is 0 Å². The van der Waals surface area contributed by atoms with Crippen LogP contribution < -0.4 is 9.47 Å². The van der Waals surface area contributed by atoms with E-state index in [1.54, 1.807) is 12.3 Å². The van der Waals surface area contributed by atoms with Gasteiger partial charge in [0.15, 0.2) is 5.82 Å². The van der Waals surface area contributed by atoms with E-state index in [-0.39, 0.29) is 5.97 Å². The number of carbonyl (C=O) groups excluding carboxylic acids is 1. The van der Waals surface area contributed by atoms with Crippen molar-refractivity contribution in [2.45, 2.75) is 58.5 Å². The SMILES string of the molecule is CCCCCCCCC(=O)Oc1ccc2cc(-c3nccc(OCc4ccccc4)n3)ccc2c1. The van der Waals surface area contributed by atoms with Gasteiger partial charge in [0, 0.05) is 24.2 Å². The zero-order valence-electron chi connectivity index (χ0n) is 20.3. The zero-order valence-corrected chi connectivity index (χ0v) is 20.3. The molecular formula is C30H32N2O3. The van der Waals surface area contributed by atoms with Crippen molar-refractivity contribution in [3.63, 3.8) is 0 Å². The van der Waals surface area contributed by atoms with Crippen LogP contribution in [0.4, 0.5) is 0 Å². The molecule has 0 amide bonds. The van der Waals surface area contributed by atoms with Gasteiger partial charge < -0.3 is 9.47 Å². The first-order valence-electron chi connectivity index (χ1n) is 12.5. The summed E-state index contributed by atoms with van der Waals surface area (Å²) in [7, 11) is 0. The Labute approximate surface area is 207 Å². The normalized spacial score (nSPS) is 10.9. The minimum atomic E-state index is -0.169. The first kappa shape index (κ1) is 24.4. The molecule has 0 bridgehead atoms. The summed E-state index contributed by atoms with van der Waals surface area (Å²) in [5, 5.41) is 2.02. The molecule has 4 rings (SSSR count). The van der Waals surface area contributed by atoms with Crippen molar-refractivity contribution in [3.05, 3.63) is 84.6 Å². The van der Waals surface area contributed by atoms with Gasteiger partial charge in [0.05, 0.1) is 0 Å². The summed E-state index contributed by atoms with van der Waals surface area (Å²) >= 11 is 0. The fraction of sp³-hybridized carbons (Fsp3) is 0.300. The van der Waals surface area contributed by atoms with Crippen LogP contribution >= 0.6 is 0 Å². The Hall–Kier alpha value is -3.73. The molecule has 0 unspecified atom stereocenters. The molecule has 4 aromatic rings. The van der Waals surface area contributed by atoms with Crippen LogP contribution in [0.2, 0.25) is 0 Å². The monoisotopic (exact) mass is 468 g/mol. The van der Waals surface area contributed by atoms with Gasteiger partial charge in [-0.25, -0.2) is 4.98 Å². The number of nitrogens with zero attached hydrogens (tertiary/aromatic N) is 2. The third kappa shape index (κ3) is 7.38. The summed E-state index contributed by atoms with van der Waals surface area (Å²) < 4.78 is 11.4. The Balaban J connectivity index is 1.36. The van der Waals surface area contributed by atoms with E-state index < -0.39 is 0 Å². The number of rotatable bonds is 12. The van der Waals surface area contributed by atoms with Gasteiger partial charge in [0.2, 0.25) is 5.88 Å². The number of benzene rings is 3. The maximum Gasteiger partial charge on any atom is 0.311 e. The van der Waals surface area contributed by atoms with Crippen LogP contribution in [0.15, 0.2) is 79.0 Å². The summed E-state index contributed by atoms with van der Waals surface area (Å²) in [6, 6.07) is 23.5. The third-order valence-electron chi connectivity index (χ3n) is 5.90. The van der Waals surface area contributed by atoms with Crippen LogP contribution in [0.1, 0.15) is 57.4 Å². The van der Waals surface area contributed by atoms with Crippen LogP contribution in [-0.4, -0.2) is 15.9 Å². The number of hydrogen-bond donors (Lipinski definition) is 0. The van der Waals surface area contributed by atoms with Crippen molar-refractivity contribution >= 4 is 16.7 Å². The van der Waals surface area contributed by atoms with Crippen LogP contribution in [0, 0.1) is 0 Å². The minimum absolute atomic E-state index is 0.169. The molecule has 3 aromatic carbocycles. The molecular weight excluding hydrogens is 436 g/mol. The lowest BCUT2D eigenvalue weighted by Gasteiger charge is -2.09. The van der Waals surface area contributed by atoms with Crippen LogP contribution in [-0.2, 0) is 11.4 Å². The molecule has 1 heterocycles. The summed E-state index contributed by atoms with van der Waals surface area (Å²) in [5.41, 5.74) is 1.98. The highest BCUT2D eigenvalue weighted by atomic mass is 16.5. The average molecular weight is 469 g/mol. The van der Waals surface area contributed by atoms with E-state index in [1.165, 1.54) is 25.7 Å². The number of hydrogen-bond acceptors (Lipinski definition) is 5. The molecule has 180 valence electrons. The highest BCUT2D eigenvalue weighted by Crippen LogP contribution is 2.26.